The van der Waals surface area contributed by atoms with Crippen molar-refractivity contribution in [1.82, 2.24) is 20.4 Å². The van der Waals surface area contributed by atoms with Gasteiger partial charge in [0.2, 0.25) is 0 Å². The highest BCUT2D eigenvalue weighted by Crippen LogP contribution is 2.50. The van der Waals surface area contributed by atoms with Crippen LogP contribution in [0.15, 0.2) is 53.1 Å². The molecule has 1 aliphatic rings. The molecule has 0 unspecified atom stereocenters. The van der Waals surface area contributed by atoms with E-state index in [1.54, 1.807) is 38.1 Å². The second kappa shape index (κ2) is 10.2. The fraction of sp³-hybridized carbons (Fsp3) is 0.444. The summed E-state index contributed by atoms with van der Waals surface area (Å²) in [6.45, 7) is 6.85. The molecule has 4 rings (SSSR count). The van der Waals surface area contributed by atoms with Crippen LogP contribution in [-0.4, -0.2) is 71.8 Å². The Hall–Kier alpha value is -3.48. The Morgan fingerprint density at radius 3 is 2.41 bits per heavy atom. The van der Waals surface area contributed by atoms with E-state index in [4.69, 9.17) is 9.26 Å². The van der Waals surface area contributed by atoms with E-state index in [2.05, 4.69) is 20.2 Å². The number of nitrogens with zero attached hydrogens (tertiary/aromatic N) is 3. The zero-order valence-electron chi connectivity index (χ0n) is 22.3. The number of rotatable bonds is 9. The van der Waals surface area contributed by atoms with Gasteiger partial charge in [0.1, 0.15) is 11.4 Å². The number of ether oxygens (including phenoxy) is 2. The minimum atomic E-state index is -4.83. The van der Waals surface area contributed by atoms with Gasteiger partial charge in [-0.1, -0.05) is 36.3 Å². The maximum atomic E-state index is 12.7. The third kappa shape index (κ3) is 5.92. The van der Waals surface area contributed by atoms with Gasteiger partial charge in [-0.05, 0) is 56.3 Å². The Kier molecular flexibility index (Phi) is 7.50. The smallest absolute Gasteiger partial charge is 0.406 e. The molecule has 210 valence electrons. The lowest BCUT2D eigenvalue weighted by Crippen LogP contribution is -2.63. The first-order valence-corrected chi connectivity index (χ1v) is 12.2. The van der Waals surface area contributed by atoms with Crippen LogP contribution in [0.5, 0.6) is 5.75 Å². The normalized spacial score (nSPS) is 17.3. The molecule has 0 saturated carbocycles. The van der Waals surface area contributed by atoms with Crippen molar-refractivity contribution in [2.75, 3.05) is 33.9 Å². The number of alkyl halides is 3. The van der Waals surface area contributed by atoms with Gasteiger partial charge in [-0.2, -0.15) is 4.98 Å². The molecule has 0 aliphatic carbocycles. The van der Waals surface area contributed by atoms with E-state index in [9.17, 15) is 23.1 Å². The van der Waals surface area contributed by atoms with E-state index >= 15 is 0 Å². The van der Waals surface area contributed by atoms with Crippen molar-refractivity contribution in [2.24, 2.45) is 5.41 Å². The molecule has 1 fully saturated rings. The molecule has 1 atom stereocenters. The second-order valence-corrected chi connectivity index (χ2v) is 10.8. The minimum absolute atomic E-state index is 0.0682. The minimum Gasteiger partial charge on any atom is -0.406 e. The number of methoxy groups -OCH3 is 1. The number of hydrogen-bond donors (Lipinski definition) is 2. The third-order valence-corrected chi connectivity index (χ3v) is 6.73. The van der Waals surface area contributed by atoms with Crippen LogP contribution >= 0.6 is 0 Å². The summed E-state index contributed by atoms with van der Waals surface area (Å²) in [5.41, 5.74) is -1.58. The highest BCUT2D eigenvalue weighted by atomic mass is 19.4. The lowest BCUT2D eigenvalue weighted by Gasteiger charge is -2.56. The fourth-order valence-electron chi connectivity index (χ4n) is 5.21. The number of aliphatic hydroxyl groups is 1. The standard InChI is InChI=1S/C27H31F3N4O5/c1-24(2,16-37-5)32-22(35)21-31-23(39-33-21)17-7-6-8-19(13-17)26(36,25(3)14-34(4)15-25)18-9-11-20(12-10-18)38-27(28,29)30/h6-13,36H,14-16H2,1-5H3,(H,32,35)/t26-/m0/s1. The topological polar surface area (TPSA) is 110 Å². The highest BCUT2D eigenvalue weighted by Gasteiger charge is 2.55. The van der Waals surface area contributed by atoms with Crippen LogP contribution in [0.25, 0.3) is 11.5 Å². The van der Waals surface area contributed by atoms with Crippen molar-refractivity contribution >= 4 is 5.91 Å². The molecule has 0 spiro atoms. The van der Waals surface area contributed by atoms with E-state index in [1.165, 1.54) is 31.4 Å². The first kappa shape index (κ1) is 28.5. The molecule has 0 radical (unpaired) electrons. The molecule has 39 heavy (non-hydrogen) atoms. The zero-order valence-corrected chi connectivity index (χ0v) is 22.3. The number of halogens is 3. The maximum absolute atomic E-state index is 12.7. The first-order chi connectivity index (χ1) is 18.2. The van der Waals surface area contributed by atoms with Gasteiger partial charge in [-0.3, -0.25) is 4.79 Å². The van der Waals surface area contributed by atoms with Gasteiger partial charge in [0.25, 0.3) is 17.6 Å². The summed E-state index contributed by atoms with van der Waals surface area (Å²) in [6, 6.07) is 12.0. The Labute approximate surface area is 223 Å². The van der Waals surface area contributed by atoms with Crippen LogP contribution in [0, 0.1) is 5.41 Å². The van der Waals surface area contributed by atoms with E-state index < -0.39 is 28.8 Å². The Morgan fingerprint density at radius 1 is 1.15 bits per heavy atom. The molecule has 1 aromatic heterocycles. The molecule has 2 heterocycles. The fourth-order valence-corrected chi connectivity index (χ4v) is 5.21. The summed E-state index contributed by atoms with van der Waals surface area (Å²) in [4.78, 5) is 18.9. The summed E-state index contributed by atoms with van der Waals surface area (Å²) >= 11 is 0. The number of benzene rings is 2. The highest BCUT2D eigenvalue weighted by molar-refractivity contribution is 5.91. The van der Waals surface area contributed by atoms with Gasteiger partial charge >= 0.3 is 6.36 Å². The Morgan fingerprint density at radius 2 is 1.82 bits per heavy atom. The number of hydrogen-bond acceptors (Lipinski definition) is 8. The number of amides is 1. The molecular formula is C27H31F3N4O5. The Balaban J connectivity index is 1.68. The number of nitrogens with one attached hydrogen (secondary N) is 1. The number of aromatic nitrogens is 2. The monoisotopic (exact) mass is 548 g/mol. The van der Waals surface area contributed by atoms with Crippen molar-refractivity contribution < 1.29 is 37.1 Å². The molecule has 1 aliphatic heterocycles. The lowest BCUT2D eigenvalue weighted by molar-refractivity contribution is -0.274. The van der Waals surface area contributed by atoms with E-state index in [0.717, 1.165) is 0 Å². The molecule has 12 heteroatoms. The molecule has 2 N–H and O–H groups in total. The second-order valence-electron chi connectivity index (χ2n) is 10.8. The predicted molar refractivity (Wildman–Crippen MR) is 135 cm³/mol. The predicted octanol–water partition coefficient (Wildman–Crippen LogP) is 3.98. The average Bonchev–Trinajstić information content (AvgIpc) is 3.32. The van der Waals surface area contributed by atoms with E-state index in [0.29, 0.717) is 29.8 Å². The van der Waals surface area contributed by atoms with Crippen LogP contribution < -0.4 is 10.1 Å². The molecular weight excluding hydrogens is 517 g/mol. The maximum Gasteiger partial charge on any atom is 0.573 e. The molecule has 3 aromatic rings. The molecule has 9 nitrogen and oxygen atoms in total. The first-order valence-electron chi connectivity index (χ1n) is 12.2. The summed E-state index contributed by atoms with van der Waals surface area (Å²) in [5, 5.41) is 18.9. The van der Waals surface area contributed by atoms with Crippen LogP contribution in [0.4, 0.5) is 13.2 Å². The largest absolute Gasteiger partial charge is 0.573 e. The molecule has 2 aromatic carbocycles. The molecule has 0 bridgehead atoms. The van der Waals surface area contributed by atoms with Crippen LogP contribution in [0.3, 0.4) is 0 Å². The quantitative estimate of drug-likeness (QED) is 0.413. The van der Waals surface area contributed by atoms with Gasteiger partial charge in [0.15, 0.2) is 0 Å². The van der Waals surface area contributed by atoms with Gasteiger partial charge in [-0.25, -0.2) is 0 Å². The van der Waals surface area contributed by atoms with Gasteiger partial charge in [0, 0.05) is 31.2 Å². The lowest BCUT2D eigenvalue weighted by atomic mass is 9.62. The number of carbonyl (C=O) groups is 1. The zero-order chi connectivity index (χ0) is 28.6. The average molecular weight is 549 g/mol. The summed E-state index contributed by atoms with van der Waals surface area (Å²) in [6.07, 6.45) is -4.83. The summed E-state index contributed by atoms with van der Waals surface area (Å²) in [5.74, 6) is -1.02. The van der Waals surface area contributed by atoms with Crippen LogP contribution in [-0.2, 0) is 10.3 Å². The molecule has 1 saturated heterocycles. The third-order valence-electron chi connectivity index (χ3n) is 6.73. The molecule has 1 amide bonds. The van der Waals surface area contributed by atoms with Gasteiger partial charge < -0.3 is 29.3 Å². The van der Waals surface area contributed by atoms with Gasteiger partial charge in [0.05, 0.1) is 12.1 Å². The number of carbonyl (C=O) groups excluding carboxylic acids is 1. The van der Waals surface area contributed by atoms with E-state index in [1.807, 2.05) is 18.9 Å². The van der Waals surface area contributed by atoms with Crippen molar-refractivity contribution in [3.05, 3.63) is 65.5 Å². The van der Waals surface area contributed by atoms with Gasteiger partial charge in [-0.15, -0.1) is 13.2 Å². The van der Waals surface area contributed by atoms with Crippen LogP contribution in [0.1, 0.15) is 42.5 Å². The number of likely N-dealkylation sites (tertiary alicyclic amines) is 1. The van der Waals surface area contributed by atoms with Crippen molar-refractivity contribution in [1.29, 1.82) is 0 Å². The van der Waals surface area contributed by atoms with Crippen molar-refractivity contribution in [2.45, 2.75) is 38.3 Å². The SMILES string of the molecule is COCC(C)(C)NC(=O)c1noc(-c2cccc([C@@](O)(c3ccc(OC(F)(F)F)cc3)C3(C)CN(C)C3)c2)n1. The summed E-state index contributed by atoms with van der Waals surface area (Å²) < 4.78 is 52.5. The van der Waals surface area contributed by atoms with Crippen LogP contribution in [0.2, 0.25) is 0 Å². The summed E-state index contributed by atoms with van der Waals surface area (Å²) in [7, 11) is 3.44. The Bertz CT molecular complexity index is 1320. The van der Waals surface area contributed by atoms with Crippen molar-refractivity contribution in [3.63, 3.8) is 0 Å². The van der Waals surface area contributed by atoms with Crippen molar-refractivity contribution in [3.8, 4) is 17.2 Å². The van der Waals surface area contributed by atoms with E-state index in [-0.39, 0.29) is 24.1 Å².